The average Bonchev–Trinajstić information content (AvgIpc) is 3.39. The minimum atomic E-state index is 0.731. The number of benzene rings is 2. The van der Waals surface area contributed by atoms with Crippen LogP contribution in [-0.4, -0.2) is 20.2 Å². The lowest BCUT2D eigenvalue weighted by Gasteiger charge is -2.03. The SMILES string of the molecule is c1ccc(-c2c(-c3nc4ccccc4[nH]3)n[nH]c2-c2ccco2)cc1. The van der Waals surface area contributed by atoms with Crippen molar-refractivity contribution in [2.75, 3.05) is 0 Å². The molecule has 0 bridgehead atoms. The first-order valence-corrected chi connectivity index (χ1v) is 8.03. The van der Waals surface area contributed by atoms with E-state index in [0.717, 1.165) is 45.1 Å². The van der Waals surface area contributed by atoms with E-state index in [1.165, 1.54) is 0 Å². The van der Waals surface area contributed by atoms with E-state index in [4.69, 9.17) is 9.40 Å². The zero-order chi connectivity index (χ0) is 16.6. The van der Waals surface area contributed by atoms with E-state index in [0.29, 0.717) is 0 Å². The standard InChI is InChI=1S/C20H14N4O/c1-2-7-13(8-3-1)17-18(16-11-6-12-25-16)23-24-19(17)20-21-14-9-4-5-10-15(14)22-20/h1-12H,(H,21,22)(H,23,24). The van der Waals surface area contributed by atoms with E-state index in [-0.39, 0.29) is 0 Å². The average molecular weight is 326 g/mol. The maximum atomic E-state index is 5.59. The Morgan fingerprint density at radius 1 is 0.840 bits per heavy atom. The summed E-state index contributed by atoms with van der Waals surface area (Å²) in [6.07, 6.45) is 1.66. The van der Waals surface area contributed by atoms with E-state index in [2.05, 4.69) is 27.3 Å². The molecule has 0 saturated carbocycles. The molecule has 5 heteroatoms. The van der Waals surface area contributed by atoms with Crippen molar-refractivity contribution >= 4 is 11.0 Å². The first-order chi connectivity index (χ1) is 12.4. The van der Waals surface area contributed by atoms with E-state index in [1.54, 1.807) is 6.26 Å². The lowest BCUT2D eigenvalue weighted by Crippen LogP contribution is -1.86. The number of hydrogen-bond donors (Lipinski definition) is 2. The number of rotatable bonds is 3. The summed E-state index contributed by atoms with van der Waals surface area (Å²) < 4.78 is 5.59. The Kier molecular flexibility index (Phi) is 3.03. The Hall–Kier alpha value is -3.60. The number of nitrogens with zero attached hydrogens (tertiary/aromatic N) is 2. The molecule has 3 aromatic heterocycles. The first kappa shape index (κ1) is 13.8. The van der Waals surface area contributed by atoms with Gasteiger partial charge in [0.25, 0.3) is 0 Å². The Balaban J connectivity index is 1.77. The van der Waals surface area contributed by atoms with Gasteiger partial charge in [-0.3, -0.25) is 5.10 Å². The summed E-state index contributed by atoms with van der Waals surface area (Å²) >= 11 is 0. The van der Waals surface area contributed by atoms with Gasteiger partial charge in [-0.25, -0.2) is 4.98 Å². The molecular weight excluding hydrogens is 312 g/mol. The zero-order valence-electron chi connectivity index (χ0n) is 13.2. The van der Waals surface area contributed by atoms with Crippen LogP contribution in [0, 0.1) is 0 Å². The second-order valence-electron chi connectivity index (χ2n) is 5.77. The Morgan fingerprint density at radius 2 is 1.68 bits per heavy atom. The van der Waals surface area contributed by atoms with Gasteiger partial charge in [-0.15, -0.1) is 0 Å². The molecule has 0 aliphatic carbocycles. The van der Waals surface area contributed by atoms with Crippen LogP contribution in [0.5, 0.6) is 0 Å². The summed E-state index contributed by atoms with van der Waals surface area (Å²) in [5.74, 6) is 1.47. The van der Waals surface area contributed by atoms with Crippen LogP contribution in [0.25, 0.3) is 45.1 Å². The number of furan rings is 1. The third-order valence-corrected chi connectivity index (χ3v) is 4.21. The molecule has 5 nitrogen and oxygen atoms in total. The van der Waals surface area contributed by atoms with Gasteiger partial charge in [-0.1, -0.05) is 42.5 Å². The fraction of sp³-hybridized carbons (Fsp3) is 0. The van der Waals surface area contributed by atoms with Crippen molar-refractivity contribution in [2.24, 2.45) is 0 Å². The van der Waals surface area contributed by atoms with Crippen molar-refractivity contribution in [3.8, 4) is 34.1 Å². The van der Waals surface area contributed by atoms with Crippen molar-refractivity contribution in [2.45, 2.75) is 0 Å². The van der Waals surface area contributed by atoms with Gasteiger partial charge >= 0.3 is 0 Å². The number of H-pyrrole nitrogens is 2. The van der Waals surface area contributed by atoms with Gasteiger partial charge in [-0.05, 0) is 29.8 Å². The molecule has 3 heterocycles. The Morgan fingerprint density at radius 3 is 2.48 bits per heavy atom. The number of fused-ring (bicyclic) bond motifs is 1. The molecule has 0 aliphatic rings. The molecule has 0 unspecified atom stereocenters. The van der Waals surface area contributed by atoms with Crippen molar-refractivity contribution in [1.29, 1.82) is 0 Å². The maximum Gasteiger partial charge on any atom is 0.159 e. The molecule has 0 atom stereocenters. The molecule has 0 radical (unpaired) electrons. The van der Waals surface area contributed by atoms with Crippen LogP contribution in [0.4, 0.5) is 0 Å². The second-order valence-corrected chi connectivity index (χ2v) is 5.77. The summed E-state index contributed by atoms with van der Waals surface area (Å²) in [6, 6.07) is 21.9. The quantitative estimate of drug-likeness (QED) is 0.496. The van der Waals surface area contributed by atoms with Crippen LogP contribution in [0.3, 0.4) is 0 Å². The predicted octanol–water partition coefficient (Wildman–Crippen LogP) is 4.88. The molecule has 120 valence electrons. The van der Waals surface area contributed by atoms with Crippen LogP contribution in [0.15, 0.2) is 77.4 Å². The van der Waals surface area contributed by atoms with Crippen molar-refractivity contribution in [1.82, 2.24) is 20.2 Å². The first-order valence-electron chi connectivity index (χ1n) is 8.03. The third-order valence-electron chi connectivity index (χ3n) is 4.21. The molecule has 2 N–H and O–H groups in total. The largest absolute Gasteiger partial charge is 0.463 e. The van der Waals surface area contributed by atoms with Crippen LogP contribution in [-0.2, 0) is 0 Å². The normalized spacial score (nSPS) is 11.2. The monoisotopic (exact) mass is 326 g/mol. The van der Waals surface area contributed by atoms with Crippen molar-refractivity contribution < 1.29 is 4.42 Å². The molecule has 25 heavy (non-hydrogen) atoms. The molecular formula is C20H14N4O. The van der Waals surface area contributed by atoms with E-state index in [9.17, 15) is 0 Å². The number of nitrogens with one attached hydrogen (secondary N) is 2. The number of para-hydroxylation sites is 2. The van der Waals surface area contributed by atoms with Crippen LogP contribution in [0.1, 0.15) is 0 Å². The number of imidazole rings is 1. The fourth-order valence-corrected chi connectivity index (χ4v) is 3.06. The van der Waals surface area contributed by atoms with E-state index < -0.39 is 0 Å². The number of aromatic amines is 2. The molecule has 0 fully saturated rings. The van der Waals surface area contributed by atoms with Gasteiger partial charge in [0, 0.05) is 5.56 Å². The zero-order valence-corrected chi connectivity index (χ0v) is 13.2. The Bertz CT molecular complexity index is 1100. The third kappa shape index (κ3) is 2.25. The number of hydrogen-bond acceptors (Lipinski definition) is 3. The van der Waals surface area contributed by atoms with Gasteiger partial charge in [0.1, 0.15) is 11.4 Å². The highest BCUT2D eigenvalue weighted by atomic mass is 16.3. The second kappa shape index (κ2) is 5.49. The minimum absolute atomic E-state index is 0.731. The molecule has 0 amide bonds. The van der Waals surface area contributed by atoms with Gasteiger partial charge in [0.15, 0.2) is 11.6 Å². The summed E-state index contributed by atoms with van der Waals surface area (Å²) in [5, 5.41) is 7.65. The molecule has 0 saturated heterocycles. The molecule has 0 aliphatic heterocycles. The topological polar surface area (TPSA) is 70.5 Å². The molecule has 2 aromatic carbocycles. The van der Waals surface area contributed by atoms with Gasteiger partial charge in [-0.2, -0.15) is 5.10 Å². The molecule has 5 aromatic rings. The van der Waals surface area contributed by atoms with Crippen LogP contribution in [0.2, 0.25) is 0 Å². The summed E-state index contributed by atoms with van der Waals surface area (Å²) in [4.78, 5) is 8.05. The highest BCUT2D eigenvalue weighted by Gasteiger charge is 2.21. The smallest absolute Gasteiger partial charge is 0.159 e. The fourth-order valence-electron chi connectivity index (χ4n) is 3.06. The minimum Gasteiger partial charge on any atom is -0.463 e. The Labute approximate surface area is 143 Å². The lowest BCUT2D eigenvalue weighted by atomic mass is 10.0. The number of aromatic nitrogens is 4. The summed E-state index contributed by atoms with van der Waals surface area (Å²) in [5.41, 5.74) is 5.53. The van der Waals surface area contributed by atoms with Gasteiger partial charge < -0.3 is 9.40 Å². The summed E-state index contributed by atoms with van der Waals surface area (Å²) in [6.45, 7) is 0. The highest BCUT2D eigenvalue weighted by Crippen LogP contribution is 2.37. The predicted molar refractivity (Wildman–Crippen MR) is 96.8 cm³/mol. The van der Waals surface area contributed by atoms with Crippen LogP contribution >= 0.6 is 0 Å². The van der Waals surface area contributed by atoms with Crippen molar-refractivity contribution in [3.63, 3.8) is 0 Å². The summed E-state index contributed by atoms with van der Waals surface area (Å²) in [7, 11) is 0. The highest BCUT2D eigenvalue weighted by molar-refractivity contribution is 5.90. The molecule has 0 spiro atoms. The lowest BCUT2D eigenvalue weighted by molar-refractivity contribution is 0.580. The van der Waals surface area contributed by atoms with E-state index in [1.807, 2.05) is 54.6 Å². The van der Waals surface area contributed by atoms with E-state index >= 15 is 0 Å². The van der Waals surface area contributed by atoms with Gasteiger partial charge in [0.2, 0.25) is 0 Å². The van der Waals surface area contributed by atoms with Gasteiger partial charge in [0.05, 0.1) is 17.3 Å². The molecule has 5 rings (SSSR count). The maximum absolute atomic E-state index is 5.59. The van der Waals surface area contributed by atoms with Crippen molar-refractivity contribution in [3.05, 3.63) is 73.0 Å². The van der Waals surface area contributed by atoms with Crippen LogP contribution < -0.4 is 0 Å².